The molecule has 0 atom stereocenters. The number of benzene rings is 1. The van der Waals surface area contributed by atoms with E-state index in [9.17, 15) is 8.42 Å². The number of nitrogens with one attached hydrogen (secondary N) is 1. The van der Waals surface area contributed by atoms with E-state index in [1.165, 1.54) is 29.7 Å². The molecule has 0 spiro atoms. The van der Waals surface area contributed by atoms with E-state index in [0.717, 1.165) is 5.69 Å². The zero-order chi connectivity index (χ0) is 13.9. The van der Waals surface area contributed by atoms with Crippen molar-refractivity contribution in [2.45, 2.75) is 11.4 Å². The van der Waals surface area contributed by atoms with E-state index in [1.54, 1.807) is 29.8 Å². The number of para-hydroxylation sites is 1. The van der Waals surface area contributed by atoms with Crippen molar-refractivity contribution < 1.29 is 8.42 Å². The van der Waals surface area contributed by atoms with Crippen molar-refractivity contribution >= 4 is 27.0 Å². The highest BCUT2D eigenvalue weighted by Gasteiger charge is 2.20. The summed E-state index contributed by atoms with van der Waals surface area (Å²) in [7, 11) is -0.405. The Morgan fingerprint density at radius 1 is 1.32 bits per heavy atom. The predicted molar refractivity (Wildman–Crippen MR) is 76.8 cm³/mol. The minimum absolute atomic E-state index is 0.273. The molecule has 1 heterocycles. The first-order valence-corrected chi connectivity index (χ1v) is 8.02. The van der Waals surface area contributed by atoms with E-state index in [4.69, 9.17) is 0 Å². The molecule has 1 N–H and O–H groups in total. The van der Waals surface area contributed by atoms with Crippen LogP contribution in [0.2, 0.25) is 0 Å². The van der Waals surface area contributed by atoms with Crippen LogP contribution in [0.15, 0.2) is 40.1 Å². The molecular formula is C12H15N3O2S2. The maximum absolute atomic E-state index is 12.2. The van der Waals surface area contributed by atoms with Crippen molar-refractivity contribution in [2.75, 3.05) is 19.4 Å². The van der Waals surface area contributed by atoms with Gasteiger partial charge in [-0.15, -0.1) is 11.3 Å². The Morgan fingerprint density at radius 3 is 2.68 bits per heavy atom. The Hall–Kier alpha value is -1.44. The lowest BCUT2D eigenvalue weighted by molar-refractivity contribution is 0.521. The standard InChI is InChI=1S/C12H15N3O2S2/c1-15(2)19(16,17)12-6-4-3-5-11(12)13-7-10-8-18-9-14-10/h3-6,8-9,13H,7H2,1-2H3. The average molecular weight is 297 g/mol. The van der Waals surface area contributed by atoms with Crippen LogP contribution in [0, 0.1) is 0 Å². The number of nitrogens with zero attached hydrogens (tertiary/aromatic N) is 2. The molecule has 2 rings (SSSR count). The molecule has 2 aromatic rings. The molecule has 0 radical (unpaired) electrons. The van der Waals surface area contributed by atoms with Gasteiger partial charge in [0.1, 0.15) is 4.90 Å². The zero-order valence-corrected chi connectivity index (χ0v) is 12.3. The summed E-state index contributed by atoms with van der Waals surface area (Å²) in [5.41, 5.74) is 3.23. The third kappa shape index (κ3) is 3.12. The first-order valence-electron chi connectivity index (χ1n) is 5.64. The second kappa shape index (κ2) is 5.68. The van der Waals surface area contributed by atoms with Crippen LogP contribution < -0.4 is 5.32 Å². The van der Waals surface area contributed by atoms with Crippen molar-refractivity contribution in [1.29, 1.82) is 0 Å². The molecule has 0 aliphatic heterocycles. The van der Waals surface area contributed by atoms with Crippen molar-refractivity contribution in [2.24, 2.45) is 0 Å². The Labute approximate surface area is 117 Å². The van der Waals surface area contributed by atoms with E-state index in [0.29, 0.717) is 12.2 Å². The van der Waals surface area contributed by atoms with Crippen LogP contribution in [0.3, 0.4) is 0 Å². The van der Waals surface area contributed by atoms with E-state index in [-0.39, 0.29) is 4.90 Å². The number of hydrogen-bond acceptors (Lipinski definition) is 5. The van der Waals surface area contributed by atoms with Crippen LogP contribution in [-0.4, -0.2) is 31.8 Å². The van der Waals surface area contributed by atoms with Crippen LogP contribution in [0.4, 0.5) is 5.69 Å². The maximum atomic E-state index is 12.2. The highest BCUT2D eigenvalue weighted by atomic mass is 32.2. The van der Waals surface area contributed by atoms with Crippen LogP contribution in [0.1, 0.15) is 5.69 Å². The fourth-order valence-electron chi connectivity index (χ4n) is 1.54. The van der Waals surface area contributed by atoms with Crippen molar-refractivity contribution in [1.82, 2.24) is 9.29 Å². The molecule has 0 saturated heterocycles. The van der Waals surface area contributed by atoms with Crippen LogP contribution in [-0.2, 0) is 16.6 Å². The van der Waals surface area contributed by atoms with E-state index in [1.807, 2.05) is 5.38 Å². The lowest BCUT2D eigenvalue weighted by atomic mass is 10.3. The molecule has 0 unspecified atom stereocenters. The minimum atomic E-state index is -3.45. The third-order valence-electron chi connectivity index (χ3n) is 2.59. The largest absolute Gasteiger partial charge is 0.378 e. The molecule has 1 aromatic carbocycles. The Balaban J connectivity index is 2.27. The maximum Gasteiger partial charge on any atom is 0.244 e. The first kappa shape index (κ1) is 14.0. The summed E-state index contributed by atoms with van der Waals surface area (Å²) in [5.74, 6) is 0. The van der Waals surface area contributed by atoms with Gasteiger partial charge in [-0.3, -0.25) is 0 Å². The van der Waals surface area contributed by atoms with E-state index < -0.39 is 10.0 Å². The number of sulfonamides is 1. The Morgan fingerprint density at radius 2 is 2.05 bits per heavy atom. The van der Waals surface area contributed by atoms with E-state index >= 15 is 0 Å². The first-order chi connectivity index (χ1) is 9.01. The summed E-state index contributed by atoms with van der Waals surface area (Å²) < 4.78 is 25.6. The number of hydrogen-bond donors (Lipinski definition) is 1. The summed E-state index contributed by atoms with van der Waals surface area (Å²) >= 11 is 1.51. The van der Waals surface area contributed by atoms with Crippen LogP contribution in [0.5, 0.6) is 0 Å². The molecule has 19 heavy (non-hydrogen) atoms. The third-order valence-corrected chi connectivity index (χ3v) is 5.10. The van der Waals surface area contributed by atoms with Gasteiger partial charge in [0.25, 0.3) is 0 Å². The Kier molecular flexibility index (Phi) is 4.18. The molecular weight excluding hydrogens is 282 g/mol. The van der Waals surface area contributed by atoms with Crippen molar-refractivity contribution in [3.63, 3.8) is 0 Å². The normalized spacial score (nSPS) is 11.7. The van der Waals surface area contributed by atoms with Crippen molar-refractivity contribution in [3.8, 4) is 0 Å². The van der Waals surface area contributed by atoms with Gasteiger partial charge in [0, 0.05) is 19.5 Å². The van der Waals surface area contributed by atoms with Gasteiger partial charge in [0.15, 0.2) is 0 Å². The molecule has 5 nitrogen and oxygen atoms in total. The molecule has 0 bridgehead atoms. The average Bonchev–Trinajstić information content (AvgIpc) is 2.89. The number of aromatic nitrogens is 1. The molecule has 0 aliphatic carbocycles. The van der Waals surface area contributed by atoms with Gasteiger partial charge < -0.3 is 5.32 Å². The van der Waals surface area contributed by atoms with Gasteiger partial charge in [0.05, 0.1) is 23.4 Å². The number of rotatable bonds is 5. The molecule has 0 amide bonds. The number of anilines is 1. The van der Waals surface area contributed by atoms with Gasteiger partial charge in [-0.25, -0.2) is 17.7 Å². The summed E-state index contributed by atoms with van der Waals surface area (Å²) in [6.07, 6.45) is 0. The van der Waals surface area contributed by atoms with Crippen molar-refractivity contribution in [3.05, 3.63) is 40.8 Å². The van der Waals surface area contributed by atoms with E-state index in [2.05, 4.69) is 10.3 Å². The summed E-state index contributed by atoms with van der Waals surface area (Å²) in [5, 5.41) is 5.04. The monoisotopic (exact) mass is 297 g/mol. The molecule has 7 heteroatoms. The molecule has 0 fully saturated rings. The SMILES string of the molecule is CN(C)S(=O)(=O)c1ccccc1NCc1cscn1. The second-order valence-electron chi connectivity index (χ2n) is 4.12. The lowest BCUT2D eigenvalue weighted by Gasteiger charge is -2.15. The van der Waals surface area contributed by atoms with Gasteiger partial charge >= 0.3 is 0 Å². The molecule has 102 valence electrons. The topological polar surface area (TPSA) is 62.3 Å². The summed E-state index contributed by atoms with van der Waals surface area (Å²) in [4.78, 5) is 4.43. The quantitative estimate of drug-likeness (QED) is 0.917. The Bertz CT molecular complexity index is 637. The molecule has 0 aliphatic rings. The highest BCUT2D eigenvalue weighted by Crippen LogP contribution is 2.23. The fraction of sp³-hybridized carbons (Fsp3) is 0.250. The van der Waals surface area contributed by atoms with Gasteiger partial charge in [-0.1, -0.05) is 12.1 Å². The highest BCUT2D eigenvalue weighted by molar-refractivity contribution is 7.89. The van der Waals surface area contributed by atoms with Crippen LogP contribution in [0.25, 0.3) is 0 Å². The fourth-order valence-corrected chi connectivity index (χ4v) is 3.17. The smallest absolute Gasteiger partial charge is 0.244 e. The molecule has 1 aromatic heterocycles. The predicted octanol–water partition coefficient (Wildman–Crippen LogP) is 2.01. The number of thiazole rings is 1. The second-order valence-corrected chi connectivity index (χ2v) is 6.96. The van der Waals surface area contributed by atoms with Crippen LogP contribution >= 0.6 is 11.3 Å². The zero-order valence-electron chi connectivity index (χ0n) is 10.7. The summed E-state index contributed by atoms with van der Waals surface area (Å²) in [6.45, 7) is 0.503. The van der Waals surface area contributed by atoms with Gasteiger partial charge in [-0.05, 0) is 12.1 Å². The molecule has 0 saturated carbocycles. The minimum Gasteiger partial charge on any atom is -0.378 e. The van der Waals surface area contributed by atoms with Gasteiger partial charge in [0.2, 0.25) is 10.0 Å². The van der Waals surface area contributed by atoms with Gasteiger partial charge in [-0.2, -0.15) is 0 Å². The lowest BCUT2D eigenvalue weighted by Crippen LogP contribution is -2.23. The summed E-state index contributed by atoms with van der Waals surface area (Å²) in [6, 6.07) is 6.87.